The highest BCUT2D eigenvalue weighted by molar-refractivity contribution is 5.81. The number of methoxy groups -OCH3 is 1. The van der Waals surface area contributed by atoms with Crippen LogP contribution >= 0.6 is 0 Å². The number of ether oxygens (including phenoxy) is 2. The zero-order chi connectivity index (χ0) is 14.4. The second kappa shape index (κ2) is 7.26. The molecule has 2 atom stereocenters. The number of benzene rings is 1. The standard InChI is InChI=1S/C15H22N2O3/c1-19-12-4-2-3-11(9-12)7-8-17-15(18)14-6-5-13(10-16)20-14/h2-4,9,13-14H,5-8,10,16H2,1H3,(H,17,18). The Hall–Kier alpha value is -1.59. The van der Waals surface area contributed by atoms with Gasteiger partial charge in [-0.05, 0) is 37.0 Å². The van der Waals surface area contributed by atoms with Crippen molar-refractivity contribution in [3.05, 3.63) is 29.8 Å². The Labute approximate surface area is 119 Å². The number of carbonyl (C=O) groups excluding carboxylic acids is 1. The molecule has 0 aromatic heterocycles. The molecule has 1 aliphatic heterocycles. The summed E-state index contributed by atoms with van der Waals surface area (Å²) in [7, 11) is 1.65. The maximum Gasteiger partial charge on any atom is 0.249 e. The summed E-state index contributed by atoms with van der Waals surface area (Å²) in [5.74, 6) is 0.794. The van der Waals surface area contributed by atoms with Gasteiger partial charge in [0.2, 0.25) is 5.91 Å². The molecule has 1 saturated heterocycles. The van der Waals surface area contributed by atoms with E-state index in [4.69, 9.17) is 15.2 Å². The summed E-state index contributed by atoms with van der Waals surface area (Å²) in [4.78, 5) is 11.9. The fraction of sp³-hybridized carbons (Fsp3) is 0.533. The van der Waals surface area contributed by atoms with Gasteiger partial charge >= 0.3 is 0 Å². The highest BCUT2D eigenvalue weighted by Gasteiger charge is 2.29. The zero-order valence-corrected chi connectivity index (χ0v) is 11.8. The third-order valence-electron chi connectivity index (χ3n) is 3.51. The maximum atomic E-state index is 11.9. The molecule has 1 heterocycles. The normalized spacial score (nSPS) is 21.7. The van der Waals surface area contributed by atoms with Crippen LogP contribution in [-0.4, -0.2) is 38.3 Å². The number of hydrogen-bond acceptors (Lipinski definition) is 4. The lowest BCUT2D eigenvalue weighted by atomic mass is 10.1. The van der Waals surface area contributed by atoms with E-state index in [-0.39, 0.29) is 18.1 Å². The molecular weight excluding hydrogens is 256 g/mol. The van der Waals surface area contributed by atoms with Crippen molar-refractivity contribution in [2.24, 2.45) is 5.73 Å². The molecule has 0 spiro atoms. The summed E-state index contributed by atoms with van der Waals surface area (Å²) in [6, 6.07) is 7.84. The Kier molecular flexibility index (Phi) is 5.38. The molecule has 0 saturated carbocycles. The maximum absolute atomic E-state index is 11.9. The molecule has 5 heteroatoms. The Morgan fingerprint density at radius 2 is 2.35 bits per heavy atom. The summed E-state index contributed by atoms with van der Waals surface area (Å²) in [6.45, 7) is 1.08. The average molecular weight is 278 g/mol. The zero-order valence-electron chi connectivity index (χ0n) is 11.8. The van der Waals surface area contributed by atoms with Gasteiger partial charge in [-0.15, -0.1) is 0 Å². The molecule has 1 aromatic rings. The number of nitrogens with two attached hydrogens (primary N) is 1. The largest absolute Gasteiger partial charge is 0.497 e. The van der Waals surface area contributed by atoms with Crippen molar-refractivity contribution in [3.63, 3.8) is 0 Å². The first-order chi connectivity index (χ1) is 9.72. The van der Waals surface area contributed by atoms with Gasteiger partial charge < -0.3 is 20.5 Å². The van der Waals surface area contributed by atoms with Gasteiger partial charge in [0.05, 0.1) is 13.2 Å². The number of amides is 1. The molecule has 5 nitrogen and oxygen atoms in total. The van der Waals surface area contributed by atoms with Gasteiger partial charge in [-0.1, -0.05) is 12.1 Å². The number of nitrogens with one attached hydrogen (secondary N) is 1. The van der Waals surface area contributed by atoms with E-state index >= 15 is 0 Å². The van der Waals surface area contributed by atoms with E-state index in [0.29, 0.717) is 13.1 Å². The number of rotatable bonds is 6. The monoisotopic (exact) mass is 278 g/mol. The van der Waals surface area contributed by atoms with Crippen LogP contribution in [-0.2, 0) is 16.0 Å². The molecule has 0 aliphatic carbocycles. The smallest absolute Gasteiger partial charge is 0.249 e. The van der Waals surface area contributed by atoms with Crippen LogP contribution in [0.25, 0.3) is 0 Å². The van der Waals surface area contributed by atoms with E-state index in [0.717, 1.165) is 30.6 Å². The lowest BCUT2D eigenvalue weighted by Gasteiger charge is -2.12. The molecule has 2 unspecified atom stereocenters. The van der Waals surface area contributed by atoms with Crippen molar-refractivity contribution >= 4 is 5.91 Å². The van der Waals surface area contributed by atoms with Crippen molar-refractivity contribution in [2.75, 3.05) is 20.2 Å². The first-order valence-corrected chi connectivity index (χ1v) is 6.99. The Bertz CT molecular complexity index is 450. The topological polar surface area (TPSA) is 73.6 Å². The summed E-state index contributed by atoms with van der Waals surface area (Å²) in [5, 5.41) is 2.91. The van der Waals surface area contributed by atoms with Crippen LogP contribution in [0.4, 0.5) is 0 Å². The molecule has 1 aliphatic rings. The molecule has 110 valence electrons. The van der Waals surface area contributed by atoms with Gasteiger partial charge in [0.1, 0.15) is 11.9 Å². The lowest BCUT2D eigenvalue weighted by molar-refractivity contribution is -0.131. The van der Waals surface area contributed by atoms with Gasteiger partial charge in [-0.2, -0.15) is 0 Å². The molecule has 1 amide bonds. The third-order valence-corrected chi connectivity index (χ3v) is 3.51. The first-order valence-electron chi connectivity index (χ1n) is 6.99. The van der Waals surface area contributed by atoms with E-state index in [2.05, 4.69) is 5.32 Å². The van der Waals surface area contributed by atoms with Crippen LogP contribution in [0.1, 0.15) is 18.4 Å². The Morgan fingerprint density at radius 1 is 1.50 bits per heavy atom. The molecule has 1 aromatic carbocycles. The minimum atomic E-state index is -0.339. The van der Waals surface area contributed by atoms with E-state index < -0.39 is 0 Å². The highest BCUT2D eigenvalue weighted by atomic mass is 16.5. The van der Waals surface area contributed by atoms with Crippen molar-refractivity contribution in [2.45, 2.75) is 31.5 Å². The van der Waals surface area contributed by atoms with E-state index in [9.17, 15) is 4.79 Å². The van der Waals surface area contributed by atoms with E-state index in [1.54, 1.807) is 7.11 Å². The van der Waals surface area contributed by atoms with Gasteiger partial charge in [0, 0.05) is 13.1 Å². The second-order valence-corrected chi connectivity index (χ2v) is 4.95. The number of carbonyl (C=O) groups is 1. The Balaban J connectivity index is 1.74. The molecule has 1 fully saturated rings. The summed E-state index contributed by atoms with van der Waals surface area (Å²) >= 11 is 0. The van der Waals surface area contributed by atoms with Gasteiger partial charge in [-0.3, -0.25) is 4.79 Å². The van der Waals surface area contributed by atoms with Crippen molar-refractivity contribution in [3.8, 4) is 5.75 Å². The van der Waals surface area contributed by atoms with Gasteiger partial charge in [0.15, 0.2) is 0 Å². The van der Waals surface area contributed by atoms with Crippen molar-refractivity contribution < 1.29 is 14.3 Å². The van der Waals surface area contributed by atoms with Crippen molar-refractivity contribution in [1.29, 1.82) is 0 Å². The van der Waals surface area contributed by atoms with Gasteiger partial charge in [-0.25, -0.2) is 0 Å². The molecule has 20 heavy (non-hydrogen) atoms. The second-order valence-electron chi connectivity index (χ2n) is 4.95. The SMILES string of the molecule is COc1cccc(CCNC(=O)C2CCC(CN)O2)c1. The molecular formula is C15H22N2O3. The Morgan fingerprint density at radius 3 is 3.05 bits per heavy atom. The molecule has 0 bridgehead atoms. The summed E-state index contributed by atoms with van der Waals surface area (Å²) < 4.78 is 10.7. The average Bonchev–Trinajstić information content (AvgIpc) is 2.96. The summed E-state index contributed by atoms with van der Waals surface area (Å²) in [5.41, 5.74) is 6.67. The predicted octanol–water partition coefficient (Wildman–Crippen LogP) is 0.860. The molecule has 3 N–H and O–H groups in total. The third kappa shape index (κ3) is 3.95. The van der Waals surface area contributed by atoms with Crippen molar-refractivity contribution in [1.82, 2.24) is 5.32 Å². The quantitative estimate of drug-likeness (QED) is 0.809. The van der Waals surface area contributed by atoms with Gasteiger partial charge in [0.25, 0.3) is 0 Å². The first kappa shape index (κ1) is 14.8. The van der Waals surface area contributed by atoms with Crippen LogP contribution < -0.4 is 15.8 Å². The van der Waals surface area contributed by atoms with E-state index in [1.807, 2.05) is 24.3 Å². The lowest BCUT2D eigenvalue weighted by Crippen LogP contribution is -2.36. The van der Waals surface area contributed by atoms with Crippen LogP contribution in [0, 0.1) is 0 Å². The minimum Gasteiger partial charge on any atom is -0.497 e. The van der Waals surface area contributed by atoms with Crippen LogP contribution in [0.2, 0.25) is 0 Å². The highest BCUT2D eigenvalue weighted by Crippen LogP contribution is 2.18. The van der Waals surface area contributed by atoms with E-state index in [1.165, 1.54) is 0 Å². The molecule has 2 rings (SSSR count). The summed E-state index contributed by atoms with van der Waals surface area (Å²) in [6.07, 6.45) is 2.09. The molecule has 0 radical (unpaired) electrons. The van der Waals surface area contributed by atoms with Crippen LogP contribution in [0.5, 0.6) is 5.75 Å². The predicted molar refractivity (Wildman–Crippen MR) is 76.7 cm³/mol. The number of hydrogen-bond donors (Lipinski definition) is 2. The van der Waals surface area contributed by atoms with Crippen LogP contribution in [0.15, 0.2) is 24.3 Å². The van der Waals surface area contributed by atoms with Crippen LogP contribution in [0.3, 0.4) is 0 Å². The minimum absolute atomic E-state index is 0.0316. The fourth-order valence-electron chi connectivity index (χ4n) is 2.34. The fourth-order valence-corrected chi connectivity index (χ4v) is 2.34.